The van der Waals surface area contributed by atoms with Crippen LogP contribution in [0.3, 0.4) is 0 Å². The number of halogens is 2. The van der Waals surface area contributed by atoms with E-state index in [1.165, 1.54) is 0 Å². The second kappa shape index (κ2) is 5.37. The lowest BCUT2D eigenvalue weighted by Gasteiger charge is -2.04. The van der Waals surface area contributed by atoms with Gasteiger partial charge in [0.25, 0.3) is 5.91 Å². The van der Waals surface area contributed by atoms with Gasteiger partial charge in [-0.3, -0.25) is 4.79 Å². The van der Waals surface area contributed by atoms with Crippen LogP contribution in [0.5, 0.6) is 0 Å². The predicted molar refractivity (Wildman–Crippen MR) is 71.8 cm³/mol. The van der Waals surface area contributed by atoms with Crippen LogP contribution in [0.2, 0.25) is 0 Å². The van der Waals surface area contributed by atoms with Gasteiger partial charge in [-0.05, 0) is 56.1 Å². The Kier molecular flexibility index (Phi) is 3.86. The molecule has 4 nitrogen and oxygen atoms in total. The van der Waals surface area contributed by atoms with Crippen LogP contribution in [0, 0.1) is 0 Å². The van der Waals surface area contributed by atoms with Crippen molar-refractivity contribution in [2.24, 2.45) is 0 Å². The van der Waals surface area contributed by atoms with Gasteiger partial charge in [-0.15, -0.1) is 0 Å². The highest BCUT2D eigenvalue weighted by Crippen LogP contribution is 2.13. The molecule has 0 radical (unpaired) electrons. The average Bonchev–Trinajstić information content (AvgIpc) is 2.32. The van der Waals surface area contributed by atoms with E-state index in [1.807, 2.05) is 6.07 Å². The maximum atomic E-state index is 11.8. The molecule has 0 aliphatic carbocycles. The maximum absolute atomic E-state index is 11.8. The number of aromatic nitrogens is 2. The topological polar surface area (TPSA) is 54.9 Å². The first kappa shape index (κ1) is 12.2. The van der Waals surface area contributed by atoms with E-state index < -0.39 is 0 Å². The molecule has 86 valence electrons. The molecule has 0 atom stereocenters. The molecule has 0 aliphatic heterocycles. The number of nitrogens with one attached hydrogen (secondary N) is 1. The van der Waals surface area contributed by atoms with Crippen molar-refractivity contribution in [2.45, 2.75) is 0 Å². The zero-order chi connectivity index (χ0) is 12.3. The maximum Gasteiger partial charge on any atom is 0.256 e. The number of carbonyl (C=O) groups excluding carboxylic acids is 1. The normalized spacial score (nSPS) is 10.0. The minimum Gasteiger partial charge on any atom is -0.307 e. The molecule has 0 saturated heterocycles. The zero-order valence-corrected chi connectivity index (χ0v) is 11.7. The molecule has 1 amide bonds. The van der Waals surface area contributed by atoms with E-state index in [4.69, 9.17) is 0 Å². The molecule has 0 aromatic carbocycles. The Labute approximate surface area is 115 Å². The van der Waals surface area contributed by atoms with Gasteiger partial charge in [0, 0.05) is 22.4 Å². The van der Waals surface area contributed by atoms with Crippen LogP contribution in [-0.2, 0) is 0 Å². The summed E-state index contributed by atoms with van der Waals surface area (Å²) < 4.78 is 1.48. The molecular weight excluding hydrogens is 350 g/mol. The summed E-state index contributed by atoms with van der Waals surface area (Å²) in [7, 11) is 0. The van der Waals surface area contributed by atoms with Crippen LogP contribution in [0.4, 0.5) is 5.82 Å². The van der Waals surface area contributed by atoms with Crippen molar-refractivity contribution < 1.29 is 4.79 Å². The third kappa shape index (κ3) is 3.34. The second-order valence-electron chi connectivity index (χ2n) is 3.18. The Balaban J connectivity index is 2.14. The Bertz CT molecular complexity index is 543. The van der Waals surface area contributed by atoms with Crippen molar-refractivity contribution in [2.75, 3.05) is 5.32 Å². The zero-order valence-electron chi connectivity index (χ0n) is 8.52. The number of hydrogen-bond donors (Lipinski definition) is 1. The largest absolute Gasteiger partial charge is 0.307 e. The van der Waals surface area contributed by atoms with Crippen LogP contribution in [-0.4, -0.2) is 15.9 Å². The number of anilines is 1. The molecule has 2 rings (SSSR count). The van der Waals surface area contributed by atoms with Crippen molar-refractivity contribution in [3.63, 3.8) is 0 Å². The van der Waals surface area contributed by atoms with Gasteiger partial charge in [-0.1, -0.05) is 0 Å². The molecule has 0 saturated carbocycles. The first-order valence-electron chi connectivity index (χ1n) is 4.69. The second-order valence-corrected chi connectivity index (χ2v) is 4.91. The lowest BCUT2D eigenvalue weighted by molar-refractivity contribution is 0.102. The lowest BCUT2D eigenvalue weighted by Crippen LogP contribution is -2.12. The minimum absolute atomic E-state index is 0.220. The van der Waals surface area contributed by atoms with Gasteiger partial charge in [0.15, 0.2) is 0 Å². The van der Waals surface area contributed by atoms with Crippen LogP contribution >= 0.6 is 31.9 Å². The quantitative estimate of drug-likeness (QED) is 0.840. The molecule has 2 aromatic heterocycles. The summed E-state index contributed by atoms with van der Waals surface area (Å²) in [5.74, 6) is 0.286. The first-order valence-corrected chi connectivity index (χ1v) is 6.28. The number of hydrogen-bond acceptors (Lipinski definition) is 3. The summed E-state index contributed by atoms with van der Waals surface area (Å²) in [5.41, 5.74) is 0.525. The van der Waals surface area contributed by atoms with E-state index >= 15 is 0 Å². The van der Waals surface area contributed by atoms with Crippen molar-refractivity contribution in [1.82, 2.24) is 9.97 Å². The van der Waals surface area contributed by atoms with Crippen LogP contribution in [0.1, 0.15) is 10.4 Å². The van der Waals surface area contributed by atoms with E-state index in [9.17, 15) is 4.79 Å². The van der Waals surface area contributed by atoms with Gasteiger partial charge in [0.05, 0.1) is 0 Å². The average molecular weight is 357 g/mol. The summed E-state index contributed by atoms with van der Waals surface area (Å²) >= 11 is 6.49. The Hall–Kier alpha value is -1.27. The van der Waals surface area contributed by atoms with Crippen molar-refractivity contribution in [3.8, 4) is 0 Å². The minimum atomic E-state index is -0.220. The number of pyridine rings is 2. The van der Waals surface area contributed by atoms with E-state index in [-0.39, 0.29) is 5.91 Å². The number of carbonyl (C=O) groups is 1. The molecule has 1 N–H and O–H groups in total. The highest BCUT2D eigenvalue weighted by Gasteiger charge is 2.07. The van der Waals surface area contributed by atoms with Crippen molar-refractivity contribution >= 4 is 43.6 Å². The Morgan fingerprint density at radius 3 is 2.65 bits per heavy atom. The summed E-state index contributed by atoms with van der Waals surface area (Å²) in [4.78, 5) is 19.9. The van der Waals surface area contributed by atoms with Crippen molar-refractivity contribution in [3.05, 3.63) is 51.3 Å². The lowest BCUT2D eigenvalue weighted by atomic mass is 10.2. The van der Waals surface area contributed by atoms with Gasteiger partial charge >= 0.3 is 0 Å². The Morgan fingerprint density at radius 2 is 2.00 bits per heavy atom. The van der Waals surface area contributed by atoms with Gasteiger partial charge in [0.1, 0.15) is 10.4 Å². The molecule has 0 bridgehead atoms. The fourth-order valence-electron chi connectivity index (χ4n) is 1.18. The summed E-state index contributed by atoms with van der Waals surface area (Å²) in [6.45, 7) is 0. The van der Waals surface area contributed by atoms with E-state index in [1.54, 1.807) is 30.6 Å². The number of rotatable bonds is 2. The van der Waals surface area contributed by atoms with Crippen LogP contribution in [0.15, 0.2) is 45.7 Å². The van der Waals surface area contributed by atoms with E-state index in [0.29, 0.717) is 16.0 Å². The predicted octanol–water partition coefficient (Wildman–Crippen LogP) is 3.25. The monoisotopic (exact) mass is 355 g/mol. The first-order chi connectivity index (χ1) is 8.15. The molecule has 2 heterocycles. The van der Waals surface area contributed by atoms with Crippen LogP contribution in [0.25, 0.3) is 0 Å². The highest BCUT2D eigenvalue weighted by atomic mass is 79.9. The standard InChI is InChI=1S/C11H7Br2N3O/c12-8-1-2-10(15-6-8)16-11(17)7-3-4-14-9(13)5-7/h1-6H,(H,15,16,17). The third-order valence-corrected chi connectivity index (χ3v) is 2.86. The van der Waals surface area contributed by atoms with Crippen LogP contribution < -0.4 is 5.32 Å². The number of amides is 1. The highest BCUT2D eigenvalue weighted by molar-refractivity contribution is 9.10. The molecular formula is C11H7Br2N3O. The van der Waals surface area contributed by atoms with Gasteiger partial charge in [-0.25, -0.2) is 9.97 Å². The van der Waals surface area contributed by atoms with Gasteiger partial charge < -0.3 is 5.32 Å². The third-order valence-electron chi connectivity index (χ3n) is 1.96. The summed E-state index contributed by atoms with van der Waals surface area (Å²) in [6.07, 6.45) is 3.19. The molecule has 0 fully saturated rings. The fourth-order valence-corrected chi connectivity index (χ4v) is 1.78. The fraction of sp³-hybridized carbons (Fsp3) is 0. The molecule has 0 unspecified atom stereocenters. The van der Waals surface area contributed by atoms with E-state index in [2.05, 4.69) is 47.1 Å². The van der Waals surface area contributed by atoms with Gasteiger partial charge in [0.2, 0.25) is 0 Å². The molecule has 0 aliphatic rings. The smallest absolute Gasteiger partial charge is 0.256 e. The summed E-state index contributed by atoms with van der Waals surface area (Å²) in [6, 6.07) is 6.82. The molecule has 6 heteroatoms. The molecule has 2 aromatic rings. The SMILES string of the molecule is O=C(Nc1ccc(Br)cn1)c1ccnc(Br)c1. The van der Waals surface area contributed by atoms with E-state index in [0.717, 1.165) is 4.47 Å². The van der Waals surface area contributed by atoms with Crippen molar-refractivity contribution in [1.29, 1.82) is 0 Å². The summed E-state index contributed by atoms with van der Waals surface area (Å²) in [5, 5.41) is 2.69. The Morgan fingerprint density at radius 1 is 1.18 bits per heavy atom. The molecule has 17 heavy (non-hydrogen) atoms. The molecule has 0 spiro atoms. The number of nitrogens with zero attached hydrogens (tertiary/aromatic N) is 2. The van der Waals surface area contributed by atoms with Gasteiger partial charge in [-0.2, -0.15) is 0 Å².